The molecule has 23 heavy (non-hydrogen) atoms. The number of rotatable bonds is 5. The molecule has 1 atom stereocenters. The van der Waals surface area contributed by atoms with Crippen LogP contribution in [0.5, 0.6) is 0 Å². The standard InChI is InChI=1S/C19H24O3Si/c1-15(18(20)21)22-23(19(2,3)4,16-11-7-5-8-12-16)17-13-9-6-10-14-17/h5-15H,1-4H3,(H,20,21)/t15-/m1/s1. The van der Waals surface area contributed by atoms with Crippen LogP contribution in [0.1, 0.15) is 27.7 Å². The van der Waals surface area contributed by atoms with Crippen molar-refractivity contribution in [2.45, 2.75) is 38.8 Å². The van der Waals surface area contributed by atoms with E-state index in [2.05, 4.69) is 45.0 Å². The number of hydrogen-bond acceptors (Lipinski definition) is 2. The van der Waals surface area contributed by atoms with Gasteiger partial charge in [-0.3, -0.25) is 0 Å². The minimum absolute atomic E-state index is 0.209. The Balaban J connectivity index is 2.72. The van der Waals surface area contributed by atoms with E-state index in [-0.39, 0.29) is 5.04 Å². The van der Waals surface area contributed by atoms with Gasteiger partial charge in [0.15, 0.2) is 0 Å². The Bertz CT molecular complexity index is 608. The summed E-state index contributed by atoms with van der Waals surface area (Å²) in [5.74, 6) is -0.932. The lowest BCUT2D eigenvalue weighted by Crippen LogP contribution is -2.68. The van der Waals surface area contributed by atoms with Crippen LogP contribution in [0.15, 0.2) is 60.7 Å². The molecule has 0 bridgehead atoms. The van der Waals surface area contributed by atoms with Crippen LogP contribution >= 0.6 is 0 Å². The second-order valence-corrected chi connectivity index (χ2v) is 11.0. The summed E-state index contributed by atoms with van der Waals surface area (Å²) >= 11 is 0. The third-order valence-corrected chi connectivity index (χ3v) is 9.23. The highest BCUT2D eigenvalue weighted by Gasteiger charge is 2.51. The summed E-state index contributed by atoms with van der Waals surface area (Å²) < 4.78 is 6.38. The van der Waals surface area contributed by atoms with Crippen molar-refractivity contribution in [3.8, 4) is 0 Å². The molecule has 122 valence electrons. The number of carbonyl (C=O) groups is 1. The van der Waals surface area contributed by atoms with Crippen molar-refractivity contribution in [2.24, 2.45) is 0 Å². The molecule has 4 heteroatoms. The Morgan fingerprint density at radius 1 is 0.957 bits per heavy atom. The first-order valence-electron chi connectivity index (χ1n) is 7.80. The van der Waals surface area contributed by atoms with Crippen LogP contribution in [0.4, 0.5) is 0 Å². The van der Waals surface area contributed by atoms with Gasteiger partial charge in [-0.25, -0.2) is 4.79 Å². The highest BCUT2D eigenvalue weighted by Crippen LogP contribution is 2.37. The molecule has 0 spiro atoms. The summed E-state index contributed by atoms with van der Waals surface area (Å²) in [6, 6.07) is 20.1. The van der Waals surface area contributed by atoms with Crippen LogP contribution in [0.25, 0.3) is 0 Å². The van der Waals surface area contributed by atoms with Crippen LogP contribution in [-0.4, -0.2) is 25.5 Å². The van der Waals surface area contributed by atoms with Crippen molar-refractivity contribution in [3.05, 3.63) is 60.7 Å². The van der Waals surface area contributed by atoms with E-state index in [1.807, 2.05) is 36.4 Å². The molecule has 0 unspecified atom stereocenters. The number of carboxylic acids is 1. The Labute approximate surface area is 139 Å². The fourth-order valence-corrected chi connectivity index (χ4v) is 7.65. The molecule has 0 saturated heterocycles. The first kappa shape index (κ1) is 17.4. The molecule has 0 radical (unpaired) electrons. The molecule has 0 aliphatic carbocycles. The molecule has 2 aromatic rings. The molecule has 0 fully saturated rings. The van der Waals surface area contributed by atoms with Gasteiger partial charge >= 0.3 is 5.97 Å². The maximum atomic E-state index is 11.5. The fourth-order valence-electron chi connectivity index (χ4n) is 3.01. The van der Waals surface area contributed by atoms with Gasteiger partial charge in [0.25, 0.3) is 8.32 Å². The summed E-state index contributed by atoms with van der Waals surface area (Å²) in [4.78, 5) is 11.5. The third kappa shape index (κ3) is 3.38. The predicted molar refractivity (Wildman–Crippen MR) is 95.8 cm³/mol. The van der Waals surface area contributed by atoms with Gasteiger partial charge in [0.05, 0.1) is 0 Å². The van der Waals surface area contributed by atoms with Crippen molar-refractivity contribution in [1.29, 1.82) is 0 Å². The largest absolute Gasteiger partial charge is 0.479 e. The van der Waals surface area contributed by atoms with E-state index in [9.17, 15) is 9.90 Å². The molecule has 1 N–H and O–H groups in total. The highest BCUT2D eigenvalue weighted by atomic mass is 28.4. The van der Waals surface area contributed by atoms with Crippen molar-refractivity contribution in [3.63, 3.8) is 0 Å². The average molecular weight is 328 g/mol. The van der Waals surface area contributed by atoms with E-state index in [4.69, 9.17) is 4.43 Å². The van der Waals surface area contributed by atoms with Crippen LogP contribution < -0.4 is 10.4 Å². The van der Waals surface area contributed by atoms with Gasteiger partial charge in [-0.05, 0) is 22.3 Å². The smallest absolute Gasteiger partial charge is 0.331 e. The van der Waals surface area contributed by atoms with Crippen LogP contribution in [0, 0.1) is 0 Å². The first-order valence-corrected chi connectivity index (χ1v) is 9.71. The molecular weight excluding hydrogens is 304 g/mol. The minimum atomic E-state index is -2.76. The number of carboxylic acid groups (broad SMARTS) is 1. The Kier molecular flexibility index (Phi) is 5.07. The zero-order valence-electron chi connectivity index (χ0n) is 14.1. The topological polar surface area (TPSA) is 46.5 Å². The lowest BCUT2D eigenvalue weighted by Gasteiger charge is -2.44. The monoisotopic (exact) mass is 328 g/mol. The van der Waals surface area contributed by atoms with E-state index in [0.29, 0.717) is 0 Å². The predicted octanol–water partition coefficient (Wildman–Crippen LogP) is 3.04. The molecule has 0 heterocycles. The van der Waals surface area contributed by atoms with E-state index in [0.717, 1.165) is 10.4 Å². The highest BCUT2D eigenvalue weighted by molar-refractivity contribution is 6.99. The molecule has 3 nitrogen and oxygen atoms in total. The molecule has 0 aliphatic rings. The van der Waals surface area contributed by atoms with Gasteiger partial charge in [0.1, 0.15) is 6.10 Å². The molecule has 0 aliphatic heterocycles. The van der Waals surface area contributed by atoms with Gasteiger partial charge in [0.2, 0.25) is 0 Å². The van der Waals surface area contributed by atoms with E-state index < -0.39 is 20.4 Å². The summed E-state index contributed by atoms with van der Waals surface area (Å²) in [6.45, 7) is 8.01. The number of aliphatic carboxylic acids is 1. The van der Waals surface area contributed by atoms with Gasteiger partial charge in [-0.1, -0.05) is 81.4 Å². The van der Waals surface area contributed by atoms with Crippen molar-refractivity contribution < 1.29 is 14.3 Å². The molecule has 0 aromatic heterocycles. The number of hydrogen-bond donors (Lipinski definition) is 1. The summed E-state index contributed by atoms with van der Waals surface area (Å²) in [5.41, 5.74) is 0. The van der Waals surface area contributed by atoms with Crippen molar-refractivity contribution >= 4 is 24.7 Å². The van der Waals surface area contributed by atoms with Gasteiger partial charge < -0.3 is 9.53 Å². The molecule has 2 aromatic carbocycles. The van der Waals surface area contributed by atoms with Crippen LogP contribution in [-0.2, 0) is 9.22 Å². The van der Waals surface area contributed by atoms with Gasteiger partial charge in [0, 0.05) is 0 Å². The Hall–Kier alpha value is -1.91. The van der Waals surface area contributed by atoms with Gasteiger partial charge in [-0.2, -0.15) is 0 Å². The lowest BCUT2D eigenvalue weighted by molar-refractivity contribution is -0.144. The van der Waals surface area contributed by atoms with Crippen molar-refractivity contribution in [1.82, 2.24) is 0 Å². The summed E-state index contributed by atoms with van der Waals surface area (Å²) in [5, 5.41) is 11.4. The molecule has 0 saturated carbocycles. The molecule has 2 rings (SSSR count). The number of benzene rings is 2. The second-order valence-electron chi connectivity index (χ2n) is 6.76. The summed E-state index contributed by atoms with van der Waals surface area (Å²) in [6.07, 6.45) is -0.860. The normalized spacial score (nSPS) is 13.6. The van der Waals surface area contributed by atoms with E-state index >= 15 is 0 Å². The first-order chi connectivity index (χ1) is 10.8. The SMILES string of the molecule is C[C@@H](O[Si](c1ccccc1)(c1ccccc1)C(C)(C)C)C(=O)O. The quantitative estimate of drug-likeness (QED) is 0.858. The minimum Gasteiger partial charge on any atom is -0.479 e. The summed E-state index contributed by atoms with van der Waals surface area (Å²) in [7, 11) is -2.76. The fraction of sp³-hybridized carbons (Fsp3) is 0.316. The molecule has 0 amide bonds. The third-order valence-electron chi connectivity index (χ3n) is 4.12. The average Bonchev–Trinajstić information content (AvgIpc) is 2.52. The Morgan fingerprint density at radius 2 is 1.35 bits per heavy atom. The maximum Gasteiger partial charge on any atom is 0.331 e. The second kappa shape index (κ2) is 6.68. The van der Waals surface area contributed by atoms with E-state index in [1.54, 1.807) is 6.92 Å². The van der Waals surface area contributed by atoms with Crippen LogP contribution in [0.2, 0.25) is 5.04 Å². The zero-order chi connectivity index (χ0) is 17.1. The molecular formula is C19H24O3Si. The van der Waals surface area contributed by atoms with Crippen LogP contribution in [0.3, 0.4) is 0 Å². The zero-order valence-corrected chi connectivity index (χ0v) is 15.1. The van der Waals surface area contributed by atoms with Crippen molar-refractivity contribution in [2.75, 3.05) is 0 Å². The van der Waals surface area contributed by atoms with E-state index in [1.165, 1.54) is 0 Å². The Morgan fingerprint density at radius 3 is 1.65 bits per heavy atom. The maximum absolute atomic E-state index is 11.5. The van der Waals surface area contributed by atoms with Gasteiger partial charge in [-0.15, -0.1) is 0 Å². The lowest BCUT2D eigenvalue weighted by atomic mass is 10.2.